The summed E-state index contributed by atoms with van der Waals surface area (Å²) in [4.78, 5) is 30.3. The average molecular weight is 308 g/mol. The molecule has 1 aromatic rings. The number of aromatic amines is 1. The van der Waals surface area contributed by atoms with E-state index in [1.54, 1.807) is 0 Å². The second-order valence-electron chi connectivity index (χ2n) is 6.07. The fraction of sp³-hybridized carbons (Fsp3) is 0.688. The molecule has 21 heavy (non-hydrogen) atoms. The van der Waals surface area contributed by atoms with Crippen LogP contribution >= 0.6 is 11.8 Å². The topological polar surface area (TPSA) is 62.8 Å². The number of aromatic nitrogens is 2. The summed E-state index contributed by atoms with van der Waals surface area (Å²) < 4.78 is 0. The van der Waals surface area contributed by atoms with E-state index >= 15 is 0 Å². The van der Waals surface area contributed by atoms with Crippen molar-refractivity contribution in [2.45, 2.75) is 63.4 Å². The van der Waals surface area contributed by atoms with Crippen molar-refractivity contribution >= 4 is 18.0 Å². The summed E-state index contributed by atoms with van der Waals surface area (Å²) in [7, 11) is 0. The summed E-state index contributed by atoms with van der Waals surface area (Å²) in [5.41, 5.74) is 1.71. The van der Waals surface area contributed by atoms with Gasteiger partial charge in [0, 0.05) is 5.56 Å². The molecule has 1 aromatic heterocycles. The molecule has 5 heteroatoms. The Morgan fingerprint density at radius 3 is 2.67 bits per heavy atom. The number of carbonyl (C=O) groups excluding carboxylic acids is 1. The van der Waals surface area contributed by atoms with Gasteiger partial charge in [0.25, 0.3) is 5.56 Å². The van der Waals surface area contributed by atoms with E-state index in [4.69, 9.17) is 0 Å². The molecule has 0 atom stereocenters. The van der Waals surface area contributed by atoms with Gasteiger partial charge in [-0.3, -0.25) is 4.79 Å². The highest BCUT2D eigenvalue weighted by atomic mass is 32.2. The molecule has 0 bridgehead atoms. The van der Waals surface area contributed by atoms with Gasteiger partial charge in [-0.2, -0.15) is 0 Å². The van der Waals surface area contributed by atoms with Crippen molar-refractivity contribution in [3.63, 3.8) is 0 Å². The number of nitrogens with one attached hydrogen (secondary N) is 1. The number of hydrogen-bond donors (Lipinski definition) is 1. The second kappa shape index (κ2) is 7.78. The van der Waals surface area contributed by atoms with Crippen LogP contribution in [0.5, 0.6) is 0 Å². The zero-order chi connectivity index (χ0) is 15.2. The molecule has 1 saturated carbocycles. The van der Waals surface area contributed by atoms with Crippen LogP contribution in [-0.4, -0.2) is 22.0 Å². The molecule has 1 N–H and O–H groups in total. The molecular weight excluding hydrogens is 284 g/mol. The quantitative estimate of drug-likeness (QED) is 0.497. The van der Waals surface area contributed by atoms with Crippen molar-refractivity contribution < 1.29 is 4.79 Å². The Bertz CT molecular complexity index is 534. The van der Waals surface area contributed by atoms with Crippen LogP contribution in [0.2, 0.25) is 0 Å². The van der Waals surface area contributed by atoms with Crippen molar-refractivity contribution in [2.24, 2.45) is 5.92 Å². The van der Waals surface area contributed by atoms with Crippen molar-refractivity contribution in [1.29, 1.82) is 0 Å². The molecule has 4 nitrogen and oxygen atoms in total. The molecule has 0 saturated heterocycles. The Balaban J connectivity index is 2.27. The Morgan fingerprint density at radius 1 is 1.33 bits per heavy atom. The molecule has 0 aromatic carbocycles. The first-order valence-electron chi connectivity index (χ1n) is 7.81. The van der Waals surface area contributed by atoms with Gasteiger partial charge in [0.05, 0.1) is 11.4 Å². The van der Waals surface area contributed by atoms with Crippen LogP contribution < -0.4 is 5.56 Å². The molecule has 0 aliphatic heterocycles. The highest BCUT2D eigenvalue weighted by Gasteiger charge is 2.20. The monoisotopic (exact) mass is 308 g/mol. The first-order chi connectivity index (χ1) is 10.1. The molecule has 0 unspecified atom stereocenters. The summed E-state index contributed by atoms with van der Waals surface area (Å²) in [6, 6.07) is 0. The van der Waals surface area contributed by atoms with E-state index in [9.17, 15) is 9.59 Å². The van der Waals surface area contributed by atoms with E-state index in [-0.39, 0.29) is 11.5 Å². The summed E-state index contributed by atoms with van der Waals surface area (Å²) >= 11 is 1.30. The van der Waals surface area contributed by atoms with Gasteiger partial charge >= 0.3 is 0 Å². The van der Waals surface area contributed by atoms with Gasteiger partial charge in [0.15, 0.2) is 5.16 Å². The van der Waals surface area contributed by atoms with E-state index in [1.165, 1.54) is 43.9 Å². The maximum Gasteiger partial charge on any atom is 0.255 e. The third kappa shape index (κ3) is 4.43. The van der Waals surface area contributed by atoms with Gasteiger partial charge in [-0.05, 0) is 18.3 Å². The molecular formula is C16H24N2O2S. The van der Waals surface area contributed by atoms with Crippen molar-refractivity contribution in [3.05, 3.63) is 21.6 Å². The molecule has 1 fully saturated rings. The SMILES string of the molecule is CC(C)c1c(CC2CCCCC2)nc(SCC=O)[nH]c1=O. The number of thioether (sulfide) groups is 1. The van der Waals surface area contributed by atoms with Crippen LogP contribution in [0, 0.1) is 5.92 Å². The molecule has 1 aliphatic rings. The number of hydrogen-bond acceptors (Lipinski definition) is 4. The molecule has 1 aliphatic carbocycles. The van der Waals surface area contributed by atoms with E-state index in [0.717, 1.165) is 24.0 Å². The highest BCUT2D eigenvalue weighted by molar-refractivity contribution is 7.99. The van der Waals surface area contributed by atoms with E-state index in [1.807, 2.05) is 13.8 Å². The Labute approximate surface area is 130 Å². The van der Waals surface area contributed by atoms with Crippen LogP contribution in [0.25, 0.3) is 0 Å². The van der Waals surface area contributed by atoms with Crippen LogP contribution in [0.15, 0.2) is 9.95 Å². The Kier molecular flexibility index (Phi) is 6.03. The lowest BCUT2D eigenvalue weighted by atomic mass is 9.84. The van der Waals surface area contributed by atoms with E-state index in [2.05, 4.69) is 9.97 Å². The fourth-order valence-corrected chi connectivity index (χ4v) is 3.67. The van der Waals surface area contributed by atoms with Crippen LogP contribution in [0.1, 0.15) is 63.1 Å². The number of aldehydes is 1. The van der Waals surface area contributed by atoms with Crippen molar-refractivity contribution in [3.8, 4) is 0 Å². The molecule has 0 amide bonds. The molecule has 2 rings (SSSR count). The smallest absolute Gasteiger partial charge is 0.255 e. The summed E-state index contributed by atoms with van der Waals surface area (Å²) in [5.74, 6) is 1.15. The maximum absolute atomic E-state index is 12.3. The Hall–Kier alpha value is -1.10. The fourth-order valence-electron chi connectivity index (χ4n) is 3.10. The van der Waals surface area contributed by atoms with Crippen LogP contribution in [0.3, 0.4) is 0 Å². The third-order valence-electron chi connectivity index (χ3n) is 4.08. The largest absolute Gasteiger partial charge is 0.302 e. The van der Waals surface area contributed by atoms with Crippen molar-refractivity contribution in [2.75, 3.05) is 5.75 Å². The van der Waals surface area contributed by atoms with Crippen LogP contribution in [0.4, 0.5) is 0 Å². The number of nitrogens with zero attached hydrogens (tertiary/aromatic N) is 1. The summed E-state index contributed by atoms with van der Waals surface area (Å²) in [5, 5.41) is 0.572. The van der Waals surface area contributed by atoms with E-state index < -0.39 is 0 Å². The lowest BCUT2D eigenvalue weighted by molar-refractivity contribution is -0.105. The molecule has 0 spiro atoms. The van der Waals surface area contributed by atoms with Gasteiger partial charge in [0.2, 0.25) is 0 Å². The van der Waals surface area contributed by atoms with Crippen molar-refractivity contribution in [1.82, 2.24) is 9.97 Å². The summed E-state index contributed by atoms with van der Waals surface area (Å²) in [6.45, 7) is 4.07. The lowest BCUT2D eigenvalue weighted by Gasteiger charge is -2.22. The van der Waals surface area contributed by atoms with Gasteiger partial charge in [-0.15, -0.1) is 0 Å². The molecule has 0 radical (unpaired) electrons. The predicted molar refractivity (Wildman–Crippen MR) is 86.0 cm³/mol. The third-order valence-corrected chi connectivity index (χ3v) is 4.85. The number of rotatable bonds is 6. The number of H-pyrrole nitrogens is 1. The Morgan fingerprint density at radius 2 is 2.05 bits per heavy atom. The lowest BCUT2D eigenvalue weighted by Crippen LogP contribution is -2.22. The predicted octanol–water partition coefficient (Wildman–Crippen LogP) is 3.31. The van der Waals surface area contributed by atoms with Gasteiger partial charge < -0.3 is 9.78 Å². The molecule has 1 heterocycles. The average Bonchev–Trinajstić information content (AvgIpc) is 2.45. The normalized spacial score (nSPS) is 16.3. The molecule has 116 valence electrons. The van der Waals surface area contributed by atoms with Gasteiger partial charge in [0.1, 0.15) is 6.29 Å². The summed E-state index contributed by atoms with van der Waals surface area (Å²) in [6.07, 6.45) is 8.12. The van der Waals surface area contributed by atoms with Gasteiger partial charge in [-0.25, -0.2) is 4.98 Å². The zero-order valence-corrected chi connectivity index (χ0v) is 13.7. The first-order valence-corrected chi connectivity index (χ1v) is 8.80. The number of carbonyl (C=O) groups is 1. The maximum atomic E-state index is 12.3. The van der Waals surface area contributed by atoms with Crippen LogP contribution in [-0.2, 0) is 11.2 Å². The first kappa shape index (κ1) is 16.3. The van der Waals surface area contributed by atoms with Gasteiger partial charge in [-0.1, -0.05) is 57.7 Å². The standard InChI is InChI=1S/C16H24N2O2S/c1-11(2)14-13(10-12-6-4-3-5-7-12)17-16(18-15(14)20)21-9-8-19/h8,11-12H,3-7,9-10H2,1-2H3,(H,17,18,20). The minimum Gasteiger partial charge on any atom is -0.302 e. The minimum atomic E-state index is -0.0424. The highest BCUT2D eigenvalue weighted by Crippen LogP contribution is 2.28. The second-order valence-corrected chi connectivity index (χ2v) is 7.08. The zero-order valence-electron chi connectivity index (χ0n) is 12.9. The van der Waals surface area contributed by atoms with E-state index in [0.29, 0.717) is 16.8 Å². The minimum absolute atomic E-state index is 0.0424.